The molecule has 3 heteroatoms. The maximum absolute atomic E-state index is 12.7. The highest BCUT2D eigenvalue weighted by molar-refractivity contribution is 5.21. The van der Waals surface area contributed by atoms with Gasteiger partial charge in [0.25, 0.3) is 0 Å². The second-order valence-corrected chi connectivity index (χ2v) is 3.73. The van der Waals surface area contributed by atoms with Gasteiger partial charge >= 0.3 is 0 Å². The highest BCUT2D eigenvalue weighted by atomic mass is 19.1. The molecule has 76 valence electrons. The first-order valence-electron chi connectivity index (χ1n) is 4.92. The summed E-state index contributed by atoms with van der Waals surface area (Å²) in [5, 5.41) is 12.3. The molecule has 1 saturated heterocycles. The van der Waals surface area contributed by atoms with Gasteiger partial charge in [0, 0.05) is 12.1 Å². The van der Waals surface area contributed by atoms with E-state index in [1.54, 1.807) is 12.1 Å². The molecule has 0 saturated carbocycles. The van der Waals surface area contributed by atoms with Crippen molar-refractivity contribution in [3.05, 3.63) is 35.6 Å². The van der Waals surface area contributed by atoms with Crippen LogP contribution in [0.1, 0.15) is 24.4 Å². The fraction of sp³-hybridized carbons (Fsp3) is 0.455. The lowest BCUT2D eigenvalue weighted by Gasteiger charge is -2.12. The Morgan fingerprint density at radius 3 is 2.57 bits per heavy atom. The maximum atomic E-state index is 12.7. The van der Waals surface area contributed by atoms with Gasteiger partial charge in [-0.15, -0.1) is 0 Å². The summed E-state index contributed by atoms with van der Waals surface area (Å²) >= 11 is 0. The van der Waals surface area contributed by atoms with Crippen LogP contribution in [0.5, 0.6) is 0 Å². The van der Waals surface area contributed by atoms with E-state index in [0.29, 0.717) is 0 Å². The summed E-state index contributed by atoms with van der Waals surface area (Å²) in [6.45, 7) is 0.178. The smallest absolute Gasteiger partial charge is 0.123 e. The molecule has 1 aromatic rings. The van der Waals surface area contributed by atoms with Crippen molar-refractivity contribution in [2.24, 2.45) is 0 Å². The lowest BCUT2D eigenvalue weighted by atomic mass is 10.1. The Labute approximate surface area is 82.8 Å². The molecule has 1 heterocycles. The van der Waals surface area contributed by atoms with Crippen LogP contribution in [-0.2, 0) is 0 Å². The van der Waals surface area contributed by atoms with Crippen molar-refractivity contribution >= 4 is 0 Å². The minimum atomic E-state index is -0.203. The number of aliphatic hydroxyl groups is 1. The van der Waals surface area contributed by atoms with Crippen molar-refractivity contribution in [2.45, 2.75) is 24.9 Å². The highest BCUT2D eigenvalue weighted by Gasteiger charge is 2.23. The predicted molar refractivity (Wildman–Crippen MR) is 52.4 cm³/mol. The van der Waals surface area contributed by atoms with E-state index >= 15 is 0 Å². The third-order valence-corrected chi connectivity index (χ3v) is 2.73. The van der Waals surface area contributed by atoms with E-state index in [9.17, 15) is 4.39 Å². The second kappa shape index (κ2) is 4.07. The molecule has 14 heavy (non-hydrogen) atoms. The van der Waals surface area contributed by atoms with Gasteiger partial charge in [0.05, 0.1) is 6.61 Å². The maximum Gasteiger partial charge on any atom is 0.123 e. The van der Waals surface area contributed by atoms with Crippen molar-refractivity contribution in [1.82, 2.24) is 5.32 Å². The molecule has 0 spiro atoms. The molecule has 0 aliphatic carbocycles. The molecule has 1 aliphatic heterocycles. The van der Waals surface area contributed by atoms with Gasteiger partial charge in [0.1, 0.15) is 5.82 Å². The van der Waals surface area contributed by atoms with E-state index < -0.39 is 0 Å². The summed E-state index contributed by atoms with van der Waals surface area (Å²) in [4.78, 5) is 0. The molecule has 2 N–H and O–H groups in total. The van der Waals surface area contributed by atoms with Gasteiger partial charge in [-0.05, 0) is 30.5 Å². The van der Waals surface area contributed by atoms with Gasteiger partial charge in [-0.3, -0.25) is 0 Å². The standard InChI is InChI=1S/C11H14FNO/c12-9-3-1-8(2-4-9)11-6-5-10(7-14)13-11/h1-4,10-11,13-14H,5-7H2/t10-,11?/m0/s1. The molecule has 2 nitrogen and oxygen atoms in total. The molecule has 1 aromatic carbocycles. The number of nitrogens with one attached hydrogen (secondary N) is 1. The molecule has 2 atom stereocenters. The quantitative estimate of drug-likeness (QED) is 0.751. The molecule has 1 fully saturated rings. The zero-order chi connectivity index (χ0) is 9.97. The van der Waals surface area contributed by atoms with Crippen LogP contribution in [-0.4, -0.2) is 17.8 Å². The Bertz CT molecular complexity index is 299. The molecule has 0 aromatic heterocycles. The van der Waals surface area contributed by atoms with E-state index in [0.717, 1.165) is 18.4 Å². The third-order valence-electron chi connectivity index (χ3n) is 2.73. The van der Waals surface area contributed by atoms with E-state index in [4.69, 9.17) is 5.11 Å². The number of benzene rings is 1. The van der Waals surface area contributed by atoms with Gasteiger partial charge in [0.15, 0.2) is 0 Å². The predicted octanol–water partition coefficient (Wildman–Crippen LogP) is 1.61. The zero-order valence-electron chi connectivity index (χ0n) is 7.91. The van der Waals surface area contributed by atoms with Crippen LogP contribution in [0.4, 0.5) is 4.39 Å². The zero-order valence-corrected chi connectivity index (χ0v) is 7.91. The lowest BCUT2D eigenvalue weighted by molar-refractivity contribution is 0.251. The summed E-state index contributed by atoms with van der Waals surface area (Å²) < 4.78 is 12.7. The van der Waals surface area contributed by atoms with Crippen molar-refractivity contribution in [3.8, 4) is 0 Å². The number of hydrogen-bond donors (Lipinski definition) is 2. The Balaban J connectivity index is 2.06. The molecule has 0 amide bonds. The van der Waals surface area contributed by atoms with Crippen LogP contribution in [0.15, 0.2) is 24.3 Å². The third kappa shape index (κ3) is 1.94. The minimum Gasteiger partial charge on any atom is -0.395 e. The van der Waals surface area contributed by atoms with Gasteiger partial charge in [-0.2, -0.15) is 0 Å². The van der Waals surface area contributed by atoms with E-state index in [-0.39, 0.29) is 24.5 Å². The van der Waals surface area contributed by atoms with Crippen molar-refractivity contribution in [2.75, 3.05) is 6.61 Å². The molecular formula is C11H14FNO. The SMILES string of the molecule is OC[C@@H]1CCC(c2ccc(F)cc2)N1. The summed E-state index contributed by atoms with van der Waals surface area (Å²) in [6.07, 6.45) is 2.00. The summed E-state index contributed by atoms with van der Waals surface area (Å²) in [7, 11) is 0. The Hall–Kier alpha value is -0.930. The Kier molecular flexibility index (Phi) is 2.79. The summed E-state index contributed by atoms with van der Waals surface area (Å²) in [6, 6.07) is 7.02. The van der Waals surface area contributed by atoms with Crippen molar-refractivity contribution < 1.29 is 9.50 Å². The first kappa shape index (κ1) is 9.62. The Morgan fingerprint density at radius 2 is 2.00 bits per heavy atom. The molecule has 1 aliphatic rings. The van der Waals surface area contributed by atoms with Crippen LogP contribution in [0.2, 0.25) is 0 Å². The summed E-state index contributed by atoms with van der Waals surface area (Å²) in [5.41, 5.74) is 1.10. The molecule has 0 radical (unpaired) electrons. The fourth-order valence-corrected chi connectivity index (χ4v) is 1.92. The monoisotopic (exact) mass is 195 g/mol. The molecule has 1 unspecified atom stereocenters. The number of rotatable bonds is 2. The van der Waals surface area contributed by atoms with E-state index in [1.165, 1.54) is 12.1 Å². The first-order valence-corrected chi connectivity index (χ1v) is 4.92. The first-order chi connectivity index (χ1) is 6.79. The van der Waals surface area contributed by atoms with Crippen LogP contribution in [0, 0.1) is 5.82 Å². The van der Waals surface area contributed by atoms with Gasteiger partial charge < -0.3 is 10.4 Å². The van der Waals surface area contributed by atoms with Crippen LogP contribution in [0.3, 0.4) is 0 Å². The van der Waals surface area contributed by atoms with Crippen LogP contribution >= 0.6 is 0 Å². The van der Waals surface area contributed by atoms with Crippen molar-refractivity contribution in [1.29, 1.82) is 0 Å². The number of aliphatic hydroxyl groups excluding tert-OH is 1. The minimum absolute atomic E-state index is 0.178. The van der Waals surface area contributed by atoms with Crippen LogP contribution in [0.25, 0.3) is 0 Å². The van der Waals surface area contributed by atoms with Gasteiger partial charge in [-0.1, -0.05) is 12.1 Å². The lowest BCUT2D eigenvalue weighted by Crippen LogP contribution is -2.27. The van der Waals surface area contributed by atoms with Crippen LogP contribution < -0.4 is 5.32 Å². The van der Waals surface area contributed by atoms with E-state index in [2.05, 4.69) is 5.32 Å². The Morgan fingerprint density at radius 1 is 1.29 bits per heavy atom. The largest absolute Gasteiger partial charge is 0.395 e. The van der Waals surface area contributed by atoms with E-state index in [1.807, 2.05) is 0 Å². The number of halogens is 1. The average molecular weight is 195 g/mol. The fourth-order valence-electron chi connectivity index (χ4n) is 1.92. The molecular weight excluding hydrogens is 181 g/mol. The highest BCUT2D eigenvalue weighted by Crippen LogP contribution is 2.26. The second-order valence-electron chi connectivity index (χ2n) is 3.73. The molecule has 2 rings (SSSR count). The number of hydrogen-bond acceptors (Lipinski definition) is 2. The summed E-state index contributed by atoms with van der Waals surface area (Å²) in [5.74, 6) is -0.203. The molecule has 0 bridgehead atoms. The van der Waals surface area contributed by atoms with Crippen molar-refractivity contribution in [3.63, 3.8) is 0 Å². The average Bonchev–Trinajstić information content (AvgIpc) is 2.67. The normalized spacial score (nSPS) is 26.7. The van der Waals surface area contributed by atoms with Gasteiger partial charge in [0.2, 0.25) is 0 Å². The topological polar surface area (TPSA) is 32.3 Å². The van der Waals surface area contributed by atoms with Gasteiger partial charge in [-0.25, -0.2) is 4.39 Å².